The van der Waals surface area contributed by atoms with Crippen molar-refractivity contribution in [2.24, 2.45) is 0 Å². The molecule has 8 nitrogen and oxygen atoms in total. The number of hydrogen-bond acceptors (Lipinski definition) is 5. The molecule has 0 saturated carbocycles. The minimum Gasteiger partial charge on any atom is -0.494 e. The molecule has 130 valence electrons. The van der Waals surface area contributed by atoms with Crippen LogP contribution in [0.3, 0.4) is 0 Å². The minimum absolute atomic E-state index is 0.131. The van der Waals surface area contributed by atoms with E-state index >= 15 is 0 Å². The fourth-order valence-electron chi connectivity index (χ4n) is 2.11. The summed E-state index contributed by atoms with van der Waals surface area (Å²) in [4.78, 5) is 12.0. The van der Waals surface area contributed by atoms with E-state index in [2.05, 4.69) is 15.1 Å². The number of methoxy groups -OCH3 is 1. The first-order valence-electron chi connectivity index (χ1n) is 7.30. The molecule has 1 aromatic heterocycles. The summed E-state index contributed by atoms with van der Waals surface area (Å²) in [5.41, 5.74) is 0.853. The third-order valence-corrected chi connectivity index (χ3v) is 3.72. The number of ether oxygens (including phenoxy) is 1. The van der Waals surface area contributed by atoms with Gasteiger partial charge in [-0.3, -0.25) is 14.2 Å². The van der Waals surface area contributed by atoms with Crippen molar-refractivity contribution < 1.29 is 17.9 Å². The van der Waals surface area contributed by atoms with E-state index in [1.165, 1.54) is 7.11 Å². The second-order valence-corrected chi connectivity index (χ2v) is 6.96. The van der Waals surface area contributed by atoms with Gasteiger partial charge in [-0.25, -0.2) is 8.42 Å². The molecule has 2 aromatic rings. The Morgan fingerprint density at radius 3 is 2.79 bits per heavy atom. The number of sulfonamides is 1. The van der Waals surface area contributed by atoms with Crippen LogP contribution in [0.5, 0.6) is 5.75 Å². The van der Waals surface area contributed by atoms with E-state index in [0.29, 0.717) is 36.5 Å². The molecule has 0 radical (unpaired) electrons. The number of anilines is 2. The van der Waals surface area contributed by atoms with Gasteiger partial charge >= 0.3 is 0 Å². The summed E-state index contributed by atoms with van der Waals surface area (Å²) >= 11 is 0. The zero-order chi connectivity index (χ0) is 17.6. The summed E-state index contributed by atoms with van der Waals surface area (Å²) in [7, 11) is -1.98. The first-order chi connectivity index (χ1) is 11.4. The van der Waals surface area contributed by atoms with Gasteiger partial charge in [0.05, 0.1) is 19.1 Å². The fraction of sp³-hybridized carbons (Fsp3) is 0.333. The number of aromatic nitrogens is 2. The standard InChI is InChI=1S/C15H20N4O4S/c1-23-14-11-12(6-7-13(14)18-24(2,21)22)17-15(20)5-3-9-19-10-4-8-16-19/h4,6-8,10-11,18H,3,5,9H2,1-2H3,(H,17,20). The third-order valence-electron chi connectivity index (χ3n) is 3.13. The summed E-state index contributed by atoms with van der Waals surface area (Å²) in [6, 6.07) is 6.55. The molecular formula is C15H20N4O4S. The van der Waals surface area contributed by atoms with E-state index in [1.807, 2.05) is 12.3 Å². The number of carbonyl (C=O) groups excluding carboxylic acids is 1. The molecule has 2 N–H and O–H groups in total. The second kappa shape index (κ2) is 7.82. The Morgan fingerprint density at radius 1 is 1.38 bits per heavy atom. The Balaban J connectivity index is 1.92. The summed E-state index contributed by atoms with van der Waals surface area (Å²) in [6.45, 7) is 0.668. The number of carbonyl (C=O) groups is 1. The summed E-state index contributed by atoms with van der Waals surface area (Å²) in [5, 5.41) is 6.83. The smallest absolute Gasteiger partial charge is 0.229 e. The molecule has 2 rings (SSSR count). The zero-order valence-corrected chi connectivity index (χ0v) is 14.3. The van der Waals surface area contributed by atoms with Gasteiger partial charge < -0.3 is 10.1 Å². The van der Waals surface area contributed by atoms with Gasteiger partial charge in [0.2, 0.25) is 15.9 Å². The molecule has 0 aliphatic heterocycles. The molecule has 0 spiro atoms. The highest BCUT2D eigenvalue weighted by Gasteiger charge is 2.10. The molecular weight excluding hydrogens is 332 g/mol. The van der Waals surface area contributed by atoms with Crippen LogP contribution in [0.2, 0.25) is 0 Å². The number of nitrogens with one attached hydrogen (secondary N) is 2. The Hall–Kier alpha value is -2.55. The van der Waals surface area contributed by atoms with Crippen molar-refractivity contribution in [1.82, 2.24) is 9.78 Å². The predicted octanol–water partition coefficient (Wildman–Crippen LogP) is 1.68. The molecule has 0 bridgehead atoms. The topological polar surface area (TPSA) is 102 Å². The third kappa shape index (κ3) is 5.58. The van der Waals surface area contributed by atoms with E-state index in [0.717, 1.165) is 6.26 Å². The highest BCUT2D eigenvalue weighted by Crippen LogP contribution is 2.28. The maximum Gasteiger partial charge on any atom is 0.229 e. The number of benzene rings is 1. The monoisotopic (exact) mass is 352 g/mol. The van der Waals surface area contributed by atoms with Crippen LogP contribution in [0.1, 0.15) is 12.8 Å². The van der Waals surface area contributed by atoms with Crippen LogP contribution < -0.4 is 14.8 Å². The average molecular weight is 352 g/mol. The lowest BCUT2D eigenvalue weighted by Crippen LogP contribution is -2.13. The number of aryl methyl sites for hydroxylation is 1. The molecule has 1 heterocycles. The molecule has 0 atom stereocenters. The Bertz CT molecular complexity index is 788. The highest BCUT2D eigenvalue weighted by atomic mass is 32.2. The number of amides is 1. The van der Waals surface area contributed by atoms with Crippen LogP contribution in [0.25, 0.3) is 0 Å². The van der Waals surface area contributed by atoms with Gasteiger partial charge in [-0.2, -0.15) is 5.10 Å². The molecule has 1 amide bonds. The second-order valence-electron chi connectivity index (χ2n) is 5.21. The maximum atomic E-state index is 12.0. The van der Waals surface area contributed by atoms with Crippen LogP contribution in [0.15, 0.2) is 36.7 Å². The Kier molecular flexibility index (Phi) is 5.80. The van der Waals surface area contributed by atoms with E-state index in [9.17, 15) is 13.2 Å². The van der Waals surface area contributed by atoms with Crippen LogP contribution in [0, 0.1) is 0 Å². The predicted molar refractivity (Wildman–Crippen MR) is 91.6 cm³/mol. The van der Waals surface area contributed by atoms with Crippen LogP contribution >= 0.6 is 0 Å². The van der Waals surface area contributed by atoms with Crippen LogP contribution in [-0.4, -0.2) is 37.5 Å². The molecule has 0 aliphatic rings. The Labute approximate surface area is 140 Å². The first kappa shape index (κ1) is 17.8. The highest BCUT2D eigenvalue weighted by molar-refractivity contribution is 7.92. The quantitative estimate of drug-likeness (QED) is 0.752. The Morgan fingerprint density at radius 2 is 2.17 bits per heavy atom. The van der Waals surface area contributed by atoms with Gasteiger partial charge in [-0.1, -0.05) is 0 Å². The van der Waals surface area contributed by atoms with Gasteiger partial charge in [0.1, 0.15) is 5.75 Å². The van der Waals surface area contributed by atoms with Crippen molar-refractivity contribution in [1.29, 1.82) is 0 Å². The molecule has 1 aromatic carbocycles. The van der Waals surface area contributed by atoms with Crippen molar-refractivity contribution >= 4 is 27.3 Å². The van der Waals surface area contributed by atoms with Crippen LogP contribution in [-0.2, 0) is 21.4 Å². The van der Waals surface area contributed by atoms with Gasteiger partial charge in [-0.15, -0.1) is 0 Å². The van der Waals surface area contributed by atoms with Gasteiger partial charge in [0.15, 0.2) is 0 Å². The van der Waals surface area contributed by atoms with Gasteiger partial charge in [-0.05, 0) is 24.6 Å². The molecule has 0 aliphatic carbocycles. The maximum absolute atomic E-state index is 12.0. The SMILES string of the molecule is COc1cc(NC(=O)CCCn2cccn2)ccc1NS(C)(=O)=O. The van der Waals surface area contributed by atoms with Gasteiger partial charge in [0.25, 0.3) is 0 Å². The average Bonchev–Trinajstić information content (AvgIpc) is 3.00. The molecule has 0 unspecified atom stereocenters. The lowest BCUT2D eigenvalue weighted by Gasteiger charge is -2.12. The van der Waals surface area contributed by atoms with E-state index in [-0.39, 0.29) is 5.91 Å². The van der Waals surface area contributed by atoms with Gasteiger partial charge in [0, 0.05) is 37.1 Å². The van der Waals surface area contributed by atoms with E-state index < -0.39 is 10.0 Å². The lowest BCUT2D eigenvalue weighted by atomic mass is 10.2. The van der Waals surface area contributed by atoms with Crippen molar-refractivity contribution in [3.05, 3.63) is 36.7 Å². The van der Waals surface area contributed by atoms with Crippen LogP contribution in [0.4, 0.5) is 11.4 Å². The van der Waals surface area contributed by atoms with E-state index in [4.69, 9.17) is 4.74 Å². The molecule has 0 fully saturated rings. The largest absolute Gasteiger partial charge is 0.494 e. The number of hydrogen-bond donors (Lipinski definition) is 2. The summed E-state index contributed by atoms with van der Waals surface area (Å²) in [5.74, 6) is 0.197. The molecule has 24 heavy (non-hydrogen) atoms. The fourth-order valence-corrected chi connectivity index (χ4v) is 2.68. The number of nitrogens with zero attached hydrogens (tertiary/aromatic N) is 2. The van der Waals surface area contributed by atoms with E-state index in [1.54, 1.807) is 29.1 Å². The molecule has 0 saturated heterocycles. The van der Waals surface area contributed by atoms with Crippen molar-refractivity contribution in [2.45, 2.75) is 19.4 Å². The van der Waals surface area contributed by atoms with Crippen molar-refractivity contribution in [3.8, 4) is 5.75 Å². The molecule has 9 heteroatoms. The zero-order valence-electron chi connectivity index (χ0n) is 13.5. The summed E-state index contributed by atoms with van der Waals surface area (Å²) < 4.78 is 31.9. The van der Waals surface area contributed by atoms with Crippen molar-refractivity contribution in [3.63, 3.8) is 0 Å². The minimum atomic E-state index is -3.40. The normalized spacial score (nSPS) is 11.1. The summed E-state index contributed by atoms with van der Waals surface area (Å²) in [6.07, 6.45) is 5.61. The van der Waals surface area contributed by atoms with Crippen molar-refractivity contribution in [2.75, 3.05) is 23.4 Å². The number of rotatable bonds is 8. The first-order valence-corrected chi connectivity index (χ1v) is 9.19. The lowest BCUT2D eigenvalue weighted by molar-refractivity contribution is -0.116.